The summed E-state index contributed by atoms with van der Waals surface area (Å²) in [7, 11) is 0. The number of esters is 2. The molecule has 0 aromatic heterocycles. The average Bonchev–Trinajstić information content (AvgIpc) is 2.40. The minimum absolute atomic E-state index is 0.0223. The van der Waals surface area contributed by atoms with Crippen molar-refractivity contribution in [3.8, 4) is 0 Å². The Bertz CT molecular complexity index is 479. The monoisotopic (exact) mass is 290 g/mol. The largest absolute Gasteiger partial charge is 0.466 e. The van der Waals surface area contributed by atoms with Crippen molar-refractivity contribution in [2.24, 2.45) is 0 Å². The summed E-state index contributed by atoms with van der Waals surface area (Å²) in [4.78, 5) is 22.2. The van der Waals surface area contributed by atoms with Crippen LogP contribution in [-0.4, -0.2) is 18.5 Å². The van der Waals surface area contributed by atoms with Gasteiger partial charge in [-0.25, -0.2) is 13.2 Å². The predicted molar refractivity (Wildman–Crippen MR) is 62.0 cm³/mol. The first-order valence-corrected chi connectivity index (χ1v) is 5.88. The molecule has 0 heterocycles. The van der Waals surface area contributed by atoms with Gasteiger partial charge in [0, 0.05) is 0 Å². The number of hydrogen-bond donors (Lipinski definition) is 0. The summed E-state index contributed by atoms with van der Waals surface area (Å²) in [5.41, 5.74) is -0.0223. The first-order valence-electron chi connectivity index (χ1n) is 5.88. The van der Waals surface area contributed by atoms with Crippen LogP contribution in [0.4, 0.5) is 13.2 Å². The lowest BCUT2D eigenvalue weighted by molar-refractivity contribution is -0.150. The lowest BCUT2D eigenvalue weighted by atomic mass is 10.2. The van der Waals surface area contributed by atoms with E-state index in [0.29, 0.717) is 0 Å². The lowest BCUT2D eigenvalue weighted by Gasteiger charge is -2.06. The molecule has 1 aromatic carbocycles. The van der Waals surface area contributed by atoms with Gasteiger partial charge in [-0.15, -0.1) is 0 Å². The maximum Gasteiger partial charge on any atom is 0.306 e. The van der Waals surface area contributed by atoms with Crippen molar-refractivity contribution in [1.82, 2.24) is 0 Å². The summed E-state index contributed by atoms with van der Waals surface area (Å²) in [6, 6.07) is 1.47. The Morgan fingerprint density at radius 2 is 1.50 bits per heavy atom. The first kappa shape index (κ1) is 16.0. The molecule has 0 unspecified atom stereocenters. The number of carbonyl (C=O) groups excluding carboxylic acids is 2. The number of benzene rings is 1. The van der Waals surface area contributed by atoms with E-state index < -0.39 is 36.0 Å². The third kappa shape index (κ3) is 4.91. The van der Waals surface area contributed by atoms with Crippen molar-refractivity contribution >= 4 is 11.9 Å². The van der Waals surface area contributed by atoms with E-state index in [2.05, 4.69) is 4.74 Å². The first-order chi connectivity index (χ1) is 9.43. The summed E-state index contributed by atoms with van der Waals surface area (Å²) in [5, 5.41) is 0. The van der Waals surface area contributed by atoms with Gasteiger partial charge in [0.2, 0.25) is 0 Å². The van der Waals surface area contributed by atoms with Gasteiger partial charge in [0.1, 0.15) is 6.61 Å². The predicted octanol–water partition coefficient (Wildman–Crippen LogP) is 2.49. The van der Waals surface area contributed by atoms with Crippen molar-refractivity contribution in [3.63, 3.8) is 0 Å². The smallest absolute Gasteiger partial charge is 0.306 e. The molecule has 0 N–H and O–H groups in total. The van der Waals surface area contributed by atoms with Crippen LogP contribution in [0.5, 0.6) is 0 Å². The molecule has 7 heteroatoms. The molecule has 1 aromatic rings. The standard InChI is InChI=1S/C13H13F3O4/c1-2-19-11(17)3-4-12(18)20-7-8-5-9(14)13(16)10(15)6-8/h5-6H,2-4,7H2,1H3. The Labute approximate surface area is 113 Å². The molecule has 1 rings (SSSR count). The highest BCUT2D eigenvalue weighted by molar-refractivity contribution is 5.77. The third-order valence-corrected chi connectivity index (χ3v) is 2.28. The molecule has 110 valence electrons. The van der Waals surface area contributed by atoms with Gasteiger partial charge in [0.05, 0.1) is 19.4 Å². The zero-order valence-corrected chi connectivity index (χ0v) is 10.8. The molecule has 0 aliphatic heterocycles. The molecular formula is C13H13F3O4. The Balaban J connectivity index is 2.43. The molecule has 0 atom stereocenters. The van der Waals surface area contributed by atoms with Gasteiger partial charge in [-0.05, 0) is 24.6 Å². The molecule has 0 aliphatic carbocycles. The molecule has 0 bridgehead atoms. The number of rotatable bonds is 6. The molecule has 0 radical (unpaired) electrons. The topological polar surface area (TPSA) is 52.6 Å². The fraction of sp³-hybridized carbons (Fsp3) is 0.385. The average molecular weight is 290 g/mol. The van der Waals surface area contributed by atoms with Crippen LogP contribution in [-0.2, 0) is 25.7 Å². The molecule has 0 aliphatic rings. The highest BCUT2D eigenvalue weighted by Crippen LogP contribution is 2.14. The summed E-state index contributed by atoms with van der Waals surface area (Å²) in [6.07, 6.45) is -0.343. The number of ether oxygens (including phenoxy) is 2. The van der Waals surface area contributed by atoms with Gasteiger partial charge in [-0.2, -0.15) is 0 Å². The lowest BCUT2D eigenvalue weighted by Crippen LogP contribution is -2.10. The zero-order valence-electron chi connectivity index (χ0n) is 10.8. The molecule has 0 fully saturated rings. The number of halogens is 3. The van der Waals surface area contributed by atoms with Crippen LogP contribution in [0.2, 0.25) is 0 Å². The second-order valence-corrected chi connectivity index (χ2v) is 3.84. The maximum absolute atomic E-state index is 12.9. The molecule has 20 heavy (non-hydrogen) atoms. The zero-order chi connectivity index (χ0) is 15.1. The molecular weight excluding hydrogens is 277 g/mol. The maximum atomic E-state index is 12.9. The Kier molecular flexibility index (Phi) is 6.02. The Hall–Kier alpha value is -2.05. The number of hydrogen-bond acceptors (Lipinski definition) is 4. The molecule has 0 amide bonds. The Morgan fingerprint density at radius 3 is 2.00 bits per heavy atom. The van der Waals surface area contributed by atoms with Gasteiger partial charge in [-0.3, -0.25) is 9.59 Å². The quantitative estimate of drug-likeness (QED) is 0.596. The molecule has 4 nitrogen and oxygen atoms in total. The van der Waals surface area contributed by atoms with Gasteiger partial charge in [0.25, 0.3) is 0 Å². The molecule has 0 saturated carbocycles. The van der Waals surface area contributed by atoms with Gasteiger partial charge < -0.3 is 9.47 Å². The van der Waals surface area contributed by atoms with Crippen molar-refractivity contribution in [2.45, 2.75) is 26.4 Å². The second-order valence-electron chi connectivity index (χ2n) is 3.84. The summed E-state index contributed by atoms with van der Waals surface area (Å²) >= 11 is 0. The van der Waals surface area contributed by atoms with Gasteiger partial charge in [-0.1, -0.05) is 0 Å². The van der Waals surface area contributed by atoms with E-state index in [1.165, 1.54) is 0 Å². The SMILES string of the molecule is CCOC(=O)CCC(=O)OCc1cc(F)c(F)c(F)c1. The fourth-order valence-electron chi connectivity index (χ4n) is 1.36. The fourth-order valence-corrected chi connectivity index (χ4v) is 1.36. The van der Waals surface area contributed by atoms with Crippen LogP contribution in [0, 0.1) is 17.5 Å². The van der Waals surface area contributed by atoms with Crippen LogP contribution in [0.15, 0.2) is 12.1 Å². The number of carbonyl (C=O) groups is 2. The normalized spacial score (nSPS) is 10.2. The summed E-state index contributed by atoms with van der Waals surface area (Å²) in [6.45, 7) is 1.44. The Morgan fingerprint density at radius 1 is 1.00 bits per heavy atom. The van der Waals surface area contributed by atoms with Crippen molar-refractivity contribution in [2.75, 3.05) is 6.61 Å². The minimum Gasteiger partial charge on any atom is -0.466 e. The van der Waals surface area contributed by atoms with Crippen molar-refractivity contribution < 1.29 is 32.2 Å². The van der Waals surface area contributed by atoms with E-state index in [1.807, 2.05) is 0 Å². The van der Waals surface area contributed by atoms with Crippen LogP contribution in [0.3, 0.4) is 0 Å². The van der Waals surface area contributed by atoms with E-state index in [4.69, 9.17) is 4.74 Å². The van der Waals surface area contributed by atoms with Crippen LogP contribution >= 0.6 is 0 Å². The van der Waals surface area contributed by atoms with E-state index in [1.54, 1.807) is 6.92 Å². The van der Waals surface area contributed by atoms with Gasteiger partial charge >= 0.3 is 11.9 Å². The second kappa shape index (κ2) is 7.52. The van der Waals surface area contributed by atoms with Crippen LogP contribution in [0.1, 0.15) is 25.3 Å². The van der Waals surface area contributed by atoms with Crippen molar-refractivity contribution in [1.29, 1.82) is 0 Å². The van der Waals surface area contributed by atoms with E-state index in [9.17, 15) is 22.8 Å². The summed E-state index contributed by atoms with van der Waals surface area (Å²) < 4.78 is 47.8. The molecule has 0 saturated heterocycles. The minimum atomic E-state index is -1.58. The van der Waals surface area contributed by atoms with Crippen LogP contribution in [0.25, 0.3) is 0 Å². The summed E-state index contributed by atoms with van der Waals surface area (Å²) in [5.74, 6) is -5.56. The van der Waals surface area contributed by atoms with Crippen molar-refractivity contribution in [3.05, 3.63) is 35.1 Å². The highest BCUT2D eigenvalue weighted by atomic mass is 19.2. The van der Waals surface area contributed by atoms with E-state index in [0.717, 1.165) is 12.1 Å². The third-order valence-electron chi connectivity index (χ3n) is 2.28. The molecule has 0 spiro atoms. The highest BCUT2D eigenvalue weighted by Gasteiger charge is 2.13. The van der Waals surface area contributed by atoms with Crippen LogP contribution < -0.4 is 0 Å². The van der Waals surface area contributed by atoms with E-state index in [-0.39, 0.29) is 25.0 Å². The van der Waals surface area contributed by atoms with E-state index >= 15 is 0 Å². The van der Waals surface area contributed by atoms with Gasteiger partial charge in [0.15, 0.2) is 17.5 Å².